The number of carbonyl (C=O) groups excluding carboxylic acids is 2. The van der Waals surface area contributed by atoms with Crippen LogP contribution in [0.25, 0.3) is 16.9 Å². The molecule has 44 heavy (non-hydrogen) atoms. The first kappa shape index (κ1) is 33.3. The van der Waals surface area contributed by atoms with Crippen molar-refractivity contribution in [3.05, 3.63) is 59.3 Å². The fraction of sp³-hybridized carbons (Fsp3) is 0.269. The summed E-state index contributed by atoms with van der Waals surface area (Å²) >= 11 is 6.33. The van der Waals surface area contributed by atoms with Crippen molar-refractivity contribution in [1.82, 2.24) is 39.7 Å². The summed E-state index contributed by atoms with van der Waals surface area (Å²) in [5.74, 6) is -0.674. The lowest BCUT2D eigenvalue weighted by Gasteiger charge is -2.12. The van der Waals surface area contributed by atoms with Crippen LogP contribution in [0.1, 0.15) is 16.1 Å². The van der Waals surface area contributed by atoms with Crippen LogP contribution < -0.4 is 16.0 Å². The summed E-state index contributed by atoms with van der Waals surface area (Å²) in [6.45, 7) is 0.273. The molecule has 0 spiro atoms. The number of anilines is 2. The maximum Gasteiger partial charge on any atom is 0.435 e. The van der Waals surface area contributed by atoms with E-state index in [4.69, 9.17) is 26.8 Å². The number of fused-ring (bicyclic) bond motifs is 1. The predicted octanol–water partition coefficient (Wildman–Crippen LogP) is 2.64. The van der Waals surface area contributed by atoms with E-state index in [9.17, 15) is 22.8 Å². The zero-order valence-corrected chi connectivity index (χ0v) is 24.0. The van der Waals surface area contributed by atoms with Crippen molar-refractivity contribution >= 4 is 47.0 Å². The number of aromatic nitrogens is 5. The van der Waals surface area contributed by atoms with Crippen LogP contribution >= 0.6 is 11.6 Å². The molecule has 232 valence electrons. The molecule has 0 saturated carbocycles. The van der Waals surface area contributed by atoms with Gasteiger partial charge in [-0.25, -0.2) is 9.97 Å². The molecule has 0 bridgehead atoms. The Bertz CT molecular complexity index is 1680. The fourth-order valence-corrected chi connectivity index (χ4v) is 4.10. The minimum Gasteiger partial charge on any atom is -0.483 e. The molecule has 0 fully saturated rings. The Morgan fingerprint density at radius 3 is 2.59 bits per heavy atom. The summed E-state index contributed by atoms with van der Waals surface area (Å²) in [6, 6.07) is 6.25. The van der Waals surface area contributed by atoms with Gasteiger partial charge in [-0.1, -0.05) is 11.6 Å². The Morgan fingerprint density at radius 2 is 1.95 bits per heavy atom. The molecular weight excluding hydrogens is 609 g/mol. The predicted molar refractivity (Wildman–Crippen MR) is 152 cm³/mol. The summed E-state index contributed by atoms with van der Waals surface area (Å²) in [5.41, 5.74) is -0.521. The minimum absolute atomic E-state index is 0.0937. The Kier molecular flexibility index (Phi) is 11.2. The van der Waals surface area contributed by atoms with Crippen LogP contribution in [-0.4, -0.2) is 86.2 Å². The van der Waals surface area contributed by atoms with Gasteiger partial charge in [-0.15, -0.1) is 0 Å². The van der Waals surface area contributed by atoms with E-state index >= 15 is 0 Å². The molecule has 0 aliphatic heterocycles. The van der Waals surface area contributed by atoms with Crippen molar-refractivity contribution in [3.63, 3.8) is 0 Å². The van der Waals surface area contributed by atoms with Gasteiger partial charge in [-0.2, -0.15) is 23.5 Å². The van der Waals surface area contributed by atoms with Crippen molar-refractivity contribution < 1.29 is 32.7 Å². The first-order chi connectivity index (χ1) is 20.9. The summed E-state index contributed by atoms with van der Waals surface area (Å²) in [7, 11) is 3.75. The van der Waals surface area contributed by atoms with Crippen LogP contribution in [0.2, 0.25) is 5.02 Å². The maximum atomic E-state index is 13.7. The summed E-state index contributed by atoms with van der Waals surface area (Å²) in [4.78, 5) is 43.2. The number of imidazole rings is 1. The molecule has 0 radical (unpaired) electrons. The SMILES string of the molecule is CN(C)CCNC(=O)CNC(=O)c1ccc(Nc2nccn3c(-c4cn(CC#N)nc4C(F)(F)F)cnc23)cc1Cl.O=CO. The van der Waals surface area contributed by atoms with Gasteiger partial charge in [0.2, 0.25) is 5.91 Å². The van der Waals surface area contributed by atoms with Gasteiger partial charge in [-0.05, 0) is 32.3 Å². The van der Waals surface area contributed by atoms with E-state index in [-0.39, 0.29) is 58.8 Å². The summed E-state index contributed by atoms with van der Waals surface area (Å²) < 4.78 is 43.3. The van der Waals surface area contributed by atoms with Gasteiger partial charge in [0.25, 0.3) is 12.4 Å². The zero-order valence-electron chi connectivity index (χ0n) is 23.3. The van der Waals surface area contributed by atoms with E-state index in [2.05, 4.69) is 31.0 Å². The van der Waals surface area contributed by atoms with Crippen molar-refractivity contribution in [1.29, 1.82) is 5.26 Å². The first-order valence-electron chi connectivity index (χ1n) is 12.6. The van der Waals surface area contributed by atoms with E-state index in [0.29, 0.717) is 18.8 Å². The standard InChI is InChI=1S/C25H24ClF3N10O2.CH2O2/c1-37(2)9-6-31-20(40)13-34-24(41)16-4-3-15(11-18(16)26)35-22-23-33-12-19(39(23)10-7-32-22)17-14-38(8-5-30)36-21(17)25(27,28)29;2-1-3/h3-4,7,10-12,14H,6,8-9,13H2,1-2H3,(H,31,40)(H,32,35)(H,34,41);1H,(H,2,3). The van der Waals surface area contributed by atoms with Crippen LogP contribution in [-0.2, 0) is 22.3 Å². The molecular formula is C26H26ClF3N10O4. The van der Waals surface area contributed by atoms with E-state index < -0.39 is 17.8 Å². The Balaban J connectivity index is 0.00000169. The number of carboxylic acid groups (broad SMARTS) is 1. The number of nitriles is 1. The zero-order chi connectivity index (χ0) is 32.4. The molecule has 14 nitrogen and oxygen atoms in total. The molecule has 4 N–H and O–H groups in total. The molecule has 0 aliphatic carbocycles. The number of likely N-dealkylation sites (N-methyl/N-ethyl adjacent to an activating group) is 1. The average molecular weight is 635 g/mol. The molecule has 0 atom stereocenters. The first-order valence-corrected chi connectivity index (χ1v) is 13.0. The highest BCUT2D eigenvalue weighted by Gasteiger charge is 2.38. The second-order valence-corrected chi connectivity index (χ2v) is 9.53. The monoisotopic (exact) mass is 634 g/mol. The molecule has 0 unspecified atom stereocenters. The number of rotatable bonds is 10. The highest BCUT2D eigenvalue weighted by atomic mass is 35.5. The number of benzene rings is 1. The topological polar surface area (TPSA) is 183 Å². The van der Waals surface area contributed by atoms with Crippen LogP contribution in [0.5, 0.6) is 0 Å². The van der Waals surface area contributed by atoms with Gasteiger partial charge < -0.3 is 26.0 Å². The maximum absolute atomic E-state index is 13.7. The second kappa shape index (κ2) is 14.8. The van der Waals surface area contributed by atoms with Crippen molar-refractivity contribution in [3.8, 4) is 17.3 Å². The third-order valence-electron chi connectivity index (χ3n) is 5.73. The third kappa shape index (κ3) is 8.42. The molecule has 3 aromatic heterocycles. The van der Waals surface area contributed by atoms with Crippen molar-refractivity contribution in [2.24, 2.45) is 0 Å². The average Bonchev–Trinajstić information content (AvgIpc) is 3.57. The van der Waals surface area contributed by atoms with Crippen LogP contribution in [0.4, 0.5) is 24.7 Å². The number of hydrogen-bond donors (Lipinski definition) is 4. The number of halogens is 4. The Morgan fingerprint density at radius 1 is 1.23 bits per heavy atom. The van der Waals surface area contributed by atoms with E-state index in [1.165, 1.54) is 35.1 Å². The van der Waals surface area contributed by atoms with Gasteiger partial charge in [0, 0.05) is 37.4 Å². The molecule has 0 aliphatic rings. The highest BCUT2D eigenvalue weighted by molar-refractivity contribution is 6.34. The largest absolute Gasteiger partial charge is 0.483 e. The van der Waals surface area contributed by atoms with Gasteiger partial charge in [0.15, 0.2) is 17.2 Å². The van der Waals surface area contributed by atoms with Crippen LogP contribution in [0, 0.1) is 11.3 Å². The van der Waals surface area contributed by atoms with Crippen molar-refractivity contribution in [2.75, 3.05) is 39.0 Å². The number of hydrogen-bond acceptors (Lipinski definition) is 9. The summed E-state index contributed by atoms with van der Waals surface area (Å²) in [5, 5.41) is 27.6. The van der Waals surface area contributed by atoms with E-state index in [0.717, 1.165) is 10.9 Å². The van der Waals surface area contributed by atoms with Crippen molar-refractivity contribution in [2.45, 2.75) is 12.7 Å². The smallest absolute Gasteiger partial charge is 0.435 e. The normalized spacial score (nSPS) is 11.0. The molecule has 3 heterocycles. The van der Waals surface area contributed by atoms with Gasteiger partial charge in [0.05, 0.1) is 40.7 Å². The number of alkyl halides is 3. The minimum atomic E-state index is -4.75. The number of nitrogens with zero attached hydrogens (tertiary/aromatic N) is 7. The van der Waals surface area contributed by atoms with E-state index in [1.54, 1.807) is 12.1 Å². The summed E-state index contributed by atoms with van der Waals surface area (Å²) in [6.07, 6.45) is 0.458. The second-order valence-electron chi connectivity index (χ2n) is 9.12. The lowest BCUT2D eigenvalue weighted by Crippen LogP contribution is -2.39. The van der Waals surface area contributed by atoms with Crippen LogP contribution in [0.15, 0.2) is 43.0 Å². The van der Waals surface area contributed by atoms with Gasteiger partial charge >= 0.3 is 6.18 Å². The molecule has 1 aromatic carbocycles. The third-order valence-corrected chi connectivity index (χ3v) is 6.05. The number of nitrogens with one attached hydrogen (secondary N) is 3. The van der Waals surface area contributed by atoms with E-state index in [1.807, 2.05) is 19.0 Å². The quantitative estimate of drug-likeness (QED) is 0.189. The fourth-order valence-electron chi connectivity index (χ4n) is 3.83. The lowest BCUT2D eigenvalue weighted by molar-refractivity contribution is -0.141. The molecule has 18 heteroatoms. The highest BCUT2D eigenvalue weighted by Crippen LogP contribution is 2.37. The molecule has 4 rings (SSSR count). The Labute approximate surface area is 253 Å². The number of amides is 2. The lowest BCUT2D eigenvalue weighted by atomic mass is 10.2. The Hall–Kier alpha value is -5.21. The van der Waals surface area contributed by atoms with Gasteiger partial charge in [-0.3, -0.25) is 23.5 Å². The molecule has 0 saturated heterocycles. The molecule has 4 aromatic rings. The van der Waals surface area contributed by atoms with Gasteiger partial charge in [0.1, 0.15) is 6.54 Å². The van der Waals surface area contributed by atoms with Crippen LogP contribution in [0.3, 0.4) is 0 Å². The number of carbonyl (C=O) groups is 3. The molecule has 2 amide bonds.